The number of aryl methyl sites for hydroxylation is 1. The van der Waals surface area contributed by atoms with Crippen LogP contribution >= 0.6 is 0 Å². The Bertz CT molecular complexity index is 788. The summed E-state index contributed by atoms with van der Waals surface area (Å²) >= 11 is 0. The Kier molecular flexibility index (Phi) is 3.56. The summed E-state index contributed by atoms with van der Waals surface area (Å²) in [4.78, 5) is 24.7. The predicted molar refractivity (Wildman–Crippen MR) is 83.7 cm³/mol. The lowest BCUT2D eigenvalue weighted by Gasteiger charge is -2.26. The summed E-state index contributed by atoms with van der Waals surface area (Å²) in [5.74, 6) is 0.0669. The van der Waals surface area contributed by atoms with Gasteiger partial charge in [0.15, 0.2) is 0 Å². The highest BCUT2D eigenvalue weighted by Crippen LogP contribution is 2.26. The van der Waals surface area contributed by atoms with Crippen LogP contribution in [-0.2, 0) is 11.8 Å². The van der Waals surface area contributed by atoms with Crippen molar-refractivity contribution in [2.45, 2.75) is 44.9 Å². The summed E-state index contributed by atoms with van der Waals surface area (Å²) in [6.45, 7) is 4.21. The minimum Gasteiger partial charge on any atom is -0.374 e. The number of imidazole rings is 1. The first-order chi connectivity index (χ1) is 10.4. The maximum atomic E-state index is 12.6. The van der Waals surface area contributed by atoms with Gasteiger partial charge < -0.3 is 10.4 Å². The summed E-state index contributed by atoms with van der Waals surface area (Å²) in [5, 5.41) is 12.0. The Labute approximate surface area is 128 Å². The van der Waals surface area contributed by atoms with Gasteiger partial charge in [-0.05, 0) is 36.5 Å². The van der Waals surface area contributed by atoms with E-state index in [4.69, 9.17) is 0 Å². The van der Waals surface area contributed by atoms with Gasteiger partial charge in [-0.1, -0.05) is 19.9 Å². The minimum absolute atomic E-state index is 0.201. The van der Waals surface area contributed by atoms with Crippen molar-refractivity contribution in [2.75, 3.05) is 0 Å². The molecule has 0 radical (unpaired) electrons. The van der Waals surface area contributed by atoms with Crippen LogP contribution in [0.4, 0.5) is 0 Å². The Morgan fingerprint density at radius 3 is 2.59 bits per heavy atom. The van der Waals surface area contributed by atoms with E-state index in [1.54, 1.807) is 16.2 Å². The van der Waals surface area contributed by atoms with E-state index in [0.717, 1.165) is 16.6 Å². The highest BCUT2D eigenvalue weighted by Gasteiger charge is 2.31. The van der Waals surface area contributed by atoms with Gasteiger partial charge in [-0.15, -0.1) is 0 Å². The molecule has 6 heteroatoms. The molecular formula is C16H21N3O3. The van der Waals surface area contributed by atoms with Gasteiger partial charge in [-0.2, -0.15) is 0 Å². The molecular weight excluding hydrogens is 282 g/mol. The molecule has 0 bridgehead atoms. The number of aliphatic hydroxyl groups excluding tert-OH is 1. The molecule has 0 aliphatic carbocycles. The SMILES string of the molecule is CC(C)c1ccc2c(c1)n(C)c(=O)n2C1CCC(O)NC1=O. The van der Waals surface area contributed by atoms with E-state index in [1.165, 1.54) is 0 Å². The molecule has 1 amide bonds. The number of fused-ring (bicyclic) bond motifs is 1. The van der Waals surface area contributed by atoms with E-state index >= 15 is 0 Å². The quantitative estimate of drug-likeness (QED) is 0.876. The normalized spacial score (nSPS) is 22.3. The topological polar surface area (TPSA) is 76.3 Å². The van der Waals surface area contributed by atoms with Crippen molar-refractivity contribution in [3.8, 4) is 0 Å². The molecule has 6 nitrogen and oxygen atoms in total. The van der Waals surface area contributed by atoms with E-state index in [1.807, 2.05) is 18.2 Å². The van der Waals surface area contributed by atoms with E-state index in [9.17, 15) is 14.7 Å². The second-order valence-corrected chi connectivity index (χ2v) is 6.23. The van der Waals surface area contributed by atoms with Gasteiger partial charge in [0.1, 0.15) is 12.3 Å². The Morgan fingerprint density at radius 2 is 1.95 bits per heavy atom. The summed E-state index contributed by atoms with van der Waals surface area (Å²) < 4.78 is 3.13. The summed E-state index contributed by atoms with van der Waals surface area (Å²) in [6, 6.07) is 5.35. The third kappa shape index (κ3) is 2.23. The van der Waals surface area contributed by atoms with Gasteiger partial charge in [0, 0.05) is 7.05 Å². The van der Waals surface area contributed by atoms with Crippen molar-refractivity contribution in [3.05, 3.63) is 34.2 Å². The first kappa shape index (κ1) is 14.8. The van der Waals surface area contributed by atoms with Crippen LogP contribution in [0.25, 0.3) is 11.0 Å². The molecule has 0 saturated carbocycles. The summed E-state index contributed by atoms with van der Waals surface area (Å²) in [6.07, 6.45) is 0.0864. The fraction of sp³-hybridized carbons (Fsp3) is 0.500. The van der Waals surface area contributed by atoms with Gasteiger partial charge in [-0.25, -0.2) is 4.79 Å². The molecule has 1 fully saturated rings. The zero-order chi connectivity index (χ0) is 16.0. The van der Waals surface area contributed by atoms with Crippen molar-refractivity contribution in [2.24, 2.45) is 7.05 Å². The lowest BCUT2D eigenvalue weighted by molar-refractivity contribution is -0.130. The number of hydrogen-bond donors (Lipinski definition) is 2. The Balaban J connectivity index is 2.16. The molecule has 1 saturated heterocycles. The molecule has 118 valence electrons. The zero-order valence-electron chi connectivity index (χ0n) is 13.0. The first-order valence-corrected chi connectivity index (χ1v) is 7.59. The number of carbonyl (C=O) groups is 1. The van der Waals surface area contributed by atoms with Crippen LogP contribution in [-0.4, -0.2) is 26.4 Å². The number of amides is 1. The van der Waals surface area contributed by atoms with Crippen LogP contribution in [0.15, 0.2) is 23.0 Å². The fourth-order valence-electron chi connectivity index (χ4n) is 3.07. The van der Waals surface area contributed by atoms with Gasteiger partial charge in [0.2, 0.25) is 5.91 Å². The Morgan fingerprint density at radius 1 is 1.23 bits per heavy atom. The van der Waals surface area contributed by atoms with E-state index in [-0.39, 0.29) is 11.6 Å². The number of aliphatic hydroxyl groups is 1. The van der Waals surface area contributed by atoms with Crippen molar-refractivity contribution < 1.29 is 9.90 Å². The number of aromatic nitrogens is 2. The van der Waals surface area contributed by atoms with Crippen LogP contribution < -0.4 is 11.0 Å². The Hall–Kier alpha value is -2.08. The highest BCUT2D eigenvalue weighted by molar-refractivity contribution is 5.85. The lowest BCUT2D eigenvalue weighted by atomic mass is 10.0. The van der Waals surface area contributed by atoms with Crippen molar-refractivity contribution in [1.29, 1.82) is 0 Å². The molecule has 2 heterocycles. The van der Waals surface area contributed by atoms with Crippen molar-refractivity contribution >= 4 is 16.9 Å². The third-order valence-corrected chi connectivity index (χ3v) is 4.42. The smallest absolute Gasteiger partial charge is 0.329 e. The van der Waals surface area contributed by atoms with E-state index < -0.39 is 12.3 Å². The van der Waals surface area contributed by atoms with Gasteiger partial charge >= 0.3 is 5.69 Å². The molecule has 1 aliphatic rings. The molecule has 2 aromatic rings. The van der Waals surface area contributed by atoms with E-state index in [0.29, 0.717) is 18.8 Å². The molecule has 1 aromatic heterocycles. The second-order valence-electron chi connectivity index (χ2n) is 6.23. The monoisotopic (exact) mass is 303 g/mol. The number of nitrogens with one attached hydrogen (secondary N) is 1. The maximum Gasteiger partial charge on any atom is 0.329 e. The van der Waals surface area contributed by atoms with Gasteiger partial charge in [-0.3, -0.25) is 13.9 Å². The van der Waals surface area contributed by atoms with Crippen LogP contribution in [0.5, 0.6) is 0 Å². The third-order valence-electron chi connectivity index (χ3n) is 4.42. The summed E-state index contributed by atoms with van der Waals surface area (Å²) in [7, 11) is 1.72. The molecule has 1 aliphatic heterocycles. The molecule has 0 spiro atoms. The fourth-order valence-corrected chi connectivity index (χ4v) is 3.07. The van der Waals surface area contributed by atoms with Gasteiger partial charge in [0.25, 0.3) is 0 Å². The molecule has 2 N–H and O–H groups in total. The number of hydrogen-bond acceptors (Lipinski definition) is 3. The summed E-state index contributed by atoms with van der Waals surface area (Å²) in [5.41, 5.74) is 2.54. The number of piperidine rings is 1. The number of benzene rings is 1. The van der Waals surface area contributed by atoms with Gasteiger partial charge in [0.05, 0.1) is 11.0 Å². The highest BCUT2D eigenvalue weighted by atomic mass is 16.3. The number of carbonyl (C=O) groups excluding carboxylic acids is 1. The van der Waals surface area contributed by atoms with E-state index in [2.05, 4.69) is 19.2 Å². The van der Waals surface area contributed by atoms with Crippen molar-refractivity contribution in [1.82, 2.24) is 14.5 Å². The molecule has 3 rings (SSSR count). The molecule has 1 aromatic carbocycles. The number of rotatable bonds is 2. The first-order valence-electron chi connectivity index (χ1n) is 7.59. The average Bonchev–Trinajstić information content (AvgIpc) is 2.71. The van der Waals surface area contributed by atoms with Crippen LogP contribution in [0.1, 0.15) is 44.2 Å². The molecule has 2 unspecified atom stereocenters. The molecule has 2 atom stereocenters. The van der Waals surface area contributed by atoms with Crippen LogP contribution in [0.2, 0.25) is 0 Å². The lowest BCUT2D eigenvalue weighted by Crippen LogP contribution is -2.46. The average molecular weight is 303 g/mol. The van der Waals surface area contributed by atoms with Crippen molar-refractivity contribution in [3.63, 3.8) is 0 Å². The second kappa shape index (κ2) is 5.28. The van der Waals surface area contributed by atoms with Crippen LogP contribution in [0.3, 0.4) is 0 Å². The van der Waals surface area contributed by atoms with Crippen LogP contribution in [0, 0.1) is 0 Å². The molecule has 22 heavy (non-hydrogen) atoms. The number of nitrogens with zero attached hydrogens (tertiary/aromatic N) is 2. The minimum atomic E-state index is -0.818. The largest absolute Gasteiger partial charge is 0.374 e. The maximum absolute atomic E-state index is 12.6. The zero-order valence-corrected chi connectivity index (χ0v) is 13.0. The predicted octanol–water partition coefficient (Wildman–Crippen LogP) is 1.23. The standard InChI is InChI=1S/C16H21N3O3/c1-9(2)10-4-5-11-13(8-10)18(3)16(22)19(11)12-6-7-14(20)17-15(12)21/h4-5,8-9,12,14,20H,6-7H2,1-3H3,(H,17,21).